The number of benzene rings is 1. The zero-order chi connectivity index (χ0) is 16.2. The molecule has 5 nitrogen and oxygen atoms in total. The maximum Gasteiger partial charge on any atom is 0.418 e. The Labute approximate surface area is 115 Å². The SMILES string of the molecule is O=[N+]([O-])c1ccc(N(CCO)CC(F)F)c(C(F)(F)F)c1. The number of hydrogen-bond donors (Lipinski definition) is 1. The molecule has 1 rings (SSSR count). The molecule has 0 heterocycles. The van der Waals surface area contributed by atoms with Crippen LogP contribution in [0.2, 0.25) is 0 Å². The fourth-order valence-electron chi connectivity index (χ4n) is 1.74. The van der Waals surface area contributed by atoms with E-state index in [1.165, 1.54) is 0 Å². The summed E-state index contributed by atoms with van der Waals surface area (Å²) in [6.45, 7) is -2.12. The van der Waals surface area contributed by atoms with Gasteiger partial charge in [0, 0.05) is 24.4 Å². The molecule has 0 spiro atoms. The Morgan fingerprint density at radius 2 is 1.95 bits per heavy atom. The highest BCUT2D eigenvalue weighted by atomic mass is 19.4. The number of hydrogen-bond acceptors (Lipinski definition) is 4. The third kappa shape index (κ3) is 4.52. The molecule has 0 aliphatic rings. The van der Waals surface area contributed by atoms with Crippen LogP contribution < -0.4 is 4.90 Å². The first-order valence-electron chi connectivity index (χ1n) is 5.66. The van der Waals surface area contributed by atoms with Gasteiger partial charge in [-0.2, -0.15) is 13.2 Å². The Balaban J connectivity index is 3.34. The average molecular weight is 314 g/mol. The number of nitro benzene ring substituents is 1. The van der Waals surface area contributed by atoms with Crippen molar-refractivity contribution in [3.8, 4) is 0 Å². The van der Waals surface area contributed by atoms with Gasteiger partial charge < -0.3 is 10.0 Å². The number of aliphatic hydroxyl groups is 1. The molecule has 10 heteroatoms. The Morgan fingerprint density at radius 3 is 2.38 bits per heavy atom. The molecule has 0 atom stereocenters. The van der Waals surface area contributed by atoms with Gasteiger partial charge in [0.15, 0.2) is 0 Å². The van der Waals surface area contributed by atoms with Gasteiger partial charge >= 0.3 is 6.18 Å². The van der Waals surface area contributed by atoms with Crippen LogP contribution in [0.4, 0.5) is 33.3 Å². The number of alkyl halides is 5. The van der Waals surface area contributed by atoms with E-state index in [1.54, 1.807) is 0 Å². The minimum Gasteiger partial charge on any atom is -0.395 e. The summed E-state index contributed by atoms with van der Waals surface area (Å²) < 4.78 is 63.6. The first-order valence-corrected chi connectivity index (χ1v) is 5.66. The molecule has 0 aromatic heterocycles. The quantitative estimate of drug-likeness (QED) is 0.498. The molecule has 0 unspecified atom stereocenters. The van der Waals surface area contributed by atoms with Gasteiger partial charge in [-0.3, -0.25) is 10.1 Å². The summed E-state index contributed by atoms with van der Waals surface area (Å²) in [6, 6.07) is 1.82. The van der Waals surface area contributed by atoms with E-state index in [2.05, 4.69) is 0 Å². The number of halogens is 5. The predicted molar refractivity (Wildman–Crippen MR) is 63.4 cm³/mol. The van der Waals surface area contributed by atoms with Crippen LogP contribution in [0, 0.1) is 10.1 Å². The standard InChI is InChI=1S/C11H11F5N2O3/c12-10(13)6-17(3-4-19)9-2-1-7(18(20)21)5-8(9)11(14,15)16/h1-2,5,10,19H,3-4,6H2. The molecular weight excluding hydrogens is 303 g/mol. The Bertz CT molecular complexity index is 507. The summed E-state index contributed by atoms with van der Waals surface area (Å²) in [7, 11) is 0. The van der Waals surface area contributed by atoms with Crippen molar-refractivity contribution in [3.05, 3.63) is 33.9 Å². The number of aliphatic hydroxyl groups excluding tert-OH is 1. The Hall–Kier alpha value is -1.97. The normalized spacial score (nSPS) is 11.8. The van der Waals surface area contributed by atoms with E-state index in [0.717, 1.165) is 12.1 Å². The van der Waals surface area contributed by atoms with E-state index in [0.29, 0.717) is 4.90 Å². The fraction of sp³-hybridized carbons (Fsp3) is 0.455. The van der Waals surface area contributed by atoms with Crippen LogP contribution in [0.1, 0.15) is 5.56 Å². The summed E-state index contributed by atoms with van der Waals surface area (Å²) in [5, 5.41) is 19.3. The largest absolute Gasteiger partial charge is 0.418 e. The summed E-state index contributed by atoms with van der Waals surface area (Å²) in [4.78, 5) is 10.2. The molecule has 0 aliphatic heterocycles. The zero-order valence-corrected chi connectivity index (χ0v) is 10.5. The number of anilines is 1. The first kappa shape index (κ1) is 17.1. The number of non-ortho nitro benzene ring substituents is 1. The van der Waals surface area contributed by atoms with Crippen molar-refractivity contribution in [1.29, 1.82) is 0 Å². The Morgan fingerprint density at radius 1 is 1.33 bits per heavy atom. The maximum absolute atomic E-state index is 12.9. The third-order valence-corrected chi connectivity index (χ3v) is 2.57. The van der Waals surface area contributed by atoms with Crippen LogP contribution in [0.5, 0.6) is 0 Å². The van der Waals surface area contributed by atoms with Gasteiger partial charge in [0.1, 0.15) is 0 Å². The molecule has 0 aliphatic carbocycles. The predicted octanol–water partition coefficient (Wildman–Crippen LogP) is 2.68. The molecule has 0 amide bonds. The molecule has 1 aromatic rings. The van der Waals surface area contributed by atoms with Crippen molar-refractivity contribution in [1.82, 2.24) is 0 Å². The maximum atomic E-state index is 12.9. The smallest absolute Gasteiger partial charge is 0.395 e. The van der Waals surface area contributed by atoms with E-state index in [1.807, 2.05) is 0 Å². The summed E-state index contributed by atoms with van der Waals surface area (Å²) in [5.41, 5.74) is -2.83. The van der Waals surface area contributed by atoms with Crippen LogP contribution in [0.15, 0.2) is 18.2 Å². The summed E-state index contributed by atoms with van der Waals surface area (Å²) in [6.07, 6.45) is -7.87. The Kier molecular flexibility index (Phi) is 5.41. The molecule has 0 fully saturated rings. The van der Waals surface area contributed by atoms with Gasteiger partial charge in [-0.15, -0.1) is 0 Å². The average Bonchev–Trinajstić information content (AvgIpc) is 2.36. The lowest BCUT2D eigenvalue weighted by Crippen LogP contribution is -2.33. The van der Waals surface area contributed by atoms with Gasteiger partial charge in [-0.25, -0.2) is 8.78 Å². The van der Waals surface area contributed by atoms with E-state index >= 15 is 0 Å². The van der Waals surface area contributed by atoms with Crippen molar-refractivity contribution < 1.29 is 32.0 Å². The molecule has 1 aromatic carbocycles. The van der Waals surface area contributed by atoms with E-state index in [9.17, 15) is 32.1 Å². The third-order valence-electron chi connectivity index (χ3n) is 2.57. The molecule has 0 saturated heterocycles. The lowest BCUT2D eigenvalue weighted by molar-refractivity contribution is -0.385. The van der Waals surface area contributed by atoms with Crippen molar-refractivity contribution in [2.24, 2.45) is 0 Å². The van der Waals surface area contributed by atoms with Crippen LogP contribution >= 0.6 is 0 Å². The lowest BCUT2D eigenvalue weighted by atomic mass is 10.1. The zero-order valence-electron chi connectivity index (χ0n) is 10.5. The first-order chi connectivity index (χ1) is 9.66. The minimum atomic E-state index is -4.95. The van der Waals surface area contributed by atoms with Crippen molar-refractivity contribution in [2.45, 2.75) is 12.6 Å². The highest BCUT2D eigenvalue weighted by Crippen LogP contribution is 2.38. The molecule has 1 N–H and O–H groups in total. The minimum absolute atomic E-state index is 0.283. The van der Waals surface area contributed by atoms with Crippen molar-refractivity contribution >= 4 is 11.4 Å². The molecular formula is C11H11F5N2O3. The monoisotopic (exact) mass is 314 g/mol. The van der Waals surface area contributed by atoms with Gasteiger partial charge in [0.05, 0.1) is 23.6 Å². The second kappa shape index (κ2) is 6.66. The van der Waals surface area contributed by atoms with Crippen LogP contribution in [-0.2, 0) is 6.18 Å². The second-order valence-electron chi connectivity index (χ2n) is 4.02. The van der Waals surface area contributed by atoms with E-state index < -0.39 is 54.2 Å². The summed E-state index contributed by atoms with van der Waals surface area (Å²) >= 11 is 0. The topological polar surface area (TPSA) is 66.6 Å². The van der Waals surface area contributed by atoms with Crippen LogP contribution in [0.3, 0.4) is 0 Å². The van der Waals surface area contributed by atoms with Crippen LogP contribution in [-0.4, -0.2) is 36.2 Å². The molecule has 0 bridgehead atoms. The van der Waals surface area contributed by atoms with Crippen molar-refractivity contribution in [2.75, 3.05) is 24.6 Å². The van der Waals surface area contributed by atoms with Crippen molar-refractivity contribution in [3.63, 3.8) is 0 Å². The molecule has 0 radical (unpaired) electrons. The number of rotatable bonds is 6. The lowest BCUT2D eigenvalue weighted by Gasteiger charge is -2.26. The fourth-order valence-corrected chi connectivity index (χ4v) is 1.74. The van der Waals surface area contributed by atoms with Gasteiger partial charge in [0.2, 0.25) is 0 Å². The van der Waals surface area contributed by atoms with Gasteiger partial charge in [0.25, 0.3) is 12.1 Å². The van der Waals surface area contributed by atoms with Gasteiger partial charge in [-0.05, 0) is 6.07 Å². The number of nitro groups is 1. The molecule has 118 valence electrons. The second-order valence-corrected chi connectivity index (χ2v) is 4.02. The van der Waals surface area contributed by atoms with Crippen LogP contribution in [0.25, 0.3) is 0 Å². The molecule has 0 saturated carbocycles. The highest BCUT2D eigenvalue weighted by molar-refractivity contribution is 5.59. The summed E-state index contributed by atoms with van der Waals surface area (Å²) in [5.74, 6) is 0. The van der Waals surface area contributed by atoms with Gasteiger partial charge in [-0.1, -0.05) is 0 Å². The van der Waals surface area contributed by atoms with E-state index in [-0.39, 0.29) is 6.07 Å². The highest BCUT2D eigenvalue weighted by Gasteiger charge is 2.36. The molecule has 21 heavy (non-hydrogen) atoms. The van der Waals surface area contributed by atoms with E-state index in [4.69, 9.17) is 5.11 Å². The number of nitrogens with zero attached hydrogens (tertiary/aromatic N) is 2.